The zero-order chi connectivity index (χ0) is 35.7. The quantitative estimate of drug-likeness (QED) is 0.131. The van der Waals surface area contributed by atoms with Crippen LogP contribution in [-0.4, -0.2) is 129 Å². The van der Waals surface area contributed by atoms with Crippen molar-refractivity contribution in [1.29, 1.82) is 0 Å². The molecule has 18 heteroatoms. The Labute approximate surface area is 276 Å². The molecule has 1 unspecified atom stereocenters. The topological polar surface area (TPSA) is 224 Å². The minimum atomic E-state index is -1.73. The van der Waals surface area contributed by atoms with Crippen molar-refractivity contribution >= 4 is 41.8 Å². The average molecular weight is 691 g/mol. The molecule has 3 aliphatic heterocycles. The van der Waals surface area contributed by atoms with Crippen molar-refractivity contribution in [3.63, 3.8) is 0 Å². The molecule has 0 amide bonds. The van der Waals surface area contributed by atoms with E-state index in [-0.39, 0.29) is 12.5 Å². The first-order valence-corrected chi connectivity index (χ1v) is 15.3. The summed E-state index contributed by atoms with van der Waals surface area (Å²) in [6.45, 7) is 7.26. The molecule has 0 aromatic carbocycles. The lowest BCUT2D eigenvalue weighted by Crippen LogP contribution is -2.67. The van der Waals surface area contributed by atoms with E-state index in [4.69, 9.17) is 52.1 Å². The van der Waals surface area contributed by atoms with Crippen LogP contribution < -0.4 is 0 Å². The Kier molecular flexibility index (Phi) is 14.1. The minimum Gasteiger partial charge on any atom is -0.463 e. The van der Waals surface area contributed by atoms with Crippen LogP contribution >= 0.6 is 0 Å². The van der Waals surface area contributed by atoms with Crippen molar-refractivity contribution in [1.82, 2.24) is 0 Å². The van der Waals surface area contributed by atoms with Crippen molar-refractivity contribution in [3.05, 3.63) is 0 Å². The first kappa shape index (κ1) is 38.6. The first-order valence-electron chi connectivity index (χ1n) is 15.3. The van der Waals surface area contributed by atoms with Gasteiger partial charge in [0.05, 0.1) is 18.8 Å². The van der Waals surface area contributed by atoms with Crippen molar-refractivity contribution in [2.45, 2.75) is 129 Å². The molecule has 0 aromatic heterocycles. The SMILES string of the molecule is CC(=O)OC[C@H]1O[C@@H](CCC2CO2)[C@H](OC(C)=O)[C@@H](OC(C)=O)[C@@H]1O[C@@H]1O[C@H](COC(C)=O)[C@@H](OC(C)=O)[C@H](OC(C)=O)[C@H]1OC(C)=O. The van der Waals surface area contributed by atoms with Gasteiger partial charge in [-0.25, -0.2) is 0 Å². The second-order valence-corrected chi connectivity index (χ2v) is 11.4. The van der Waals surface area contributed by atoms with Gasteiger partial charge < -0.3 is 52.1 Å². The molecule has 3 aliphatic rings. The van der Waals surface area contributed by atoms with Crippen molar-refractivity contribution in [2.75, 3.05) is 19.8 Å². The van der Waals surface area contributed by atoms with Crippen molar-refractivity contribution < 1.29 is 85.7 Å². The summed E-state index contributed by atoms with van der Waals surface area (Å²) in [5.41, 5.74) is 0. The Morgan fingerprint density at radius 1 is 0.479 bits per heavy atom. The summed E-state index contributed by atoms with van der Waals surface area (Å²) in [5.74, 6) is -5.54. The van der Waals surface area contributed by atoms with E-state index in [9.17, 15) is 33.6 Å². The maximum Gasteiger partial charge on any atom is 0.303 e. The first-order chi connectivity index (χ1) is 22.5. The summed E-state index contributed by atoms with van der Waals surface area (Å²) in [5, 5.41) is 0. The van der Waals surface area contributed by atoms with Gasteiger partial charge in [0, 0.05) is 48.5 Å². The summed E-state index contributed by atoms with van der Waals surface area (Å²) in [6, 6.07) is 0. The van der Waals surface area contributed by atoms with Crippen molar-refractivity contribution in [3.8, 4) is 0 Å². The van der Waals surface area contributed by atoms with Crippen LogP contribution in [0.15, 0.2) is 0 Å². The van der Waals surface area contributed by atoms with E-state index in [0.29, 0.717) is 13.0 Å². The Morgan fingerprint density at radius 2 is 0.875 bits per heavy atom. The van der Waals surface area contributed by atoms with Crippen LogP contribution in [0.3, 0.4) is 0 Å². The van der Waals surface area contributed by atoms with Gasteiger partial charge in [-0.1, -0.05) is 0 Å². The van der Waals surface area contributed by atoms with E-state index in [2.05, 4.69) is 0 Å². The lowest BCUT2D eigenvalue weighted by Gasteiger charge is -2.49. The molecule has 48 heavy (non-hydrogen) atoms. The van der Waals surface area contributed by atoms with E-state index in [1.165, 1.54) is 0 Å². The molecule has 3 fully saturated rings. The van der Waals surface area contributed by atoms with Crippen LogP contribution in [-0.2, 0) is 85.7 Å². The fourth-order valence-corrected chi connectivity index (χ4v) is 5.42. The highest BCUT2D eigenvalue weighted by Gasteiger charge is 2.57. The fraction of sp³-hybridized carbons (Fsp3) is 0.767. The molecule has 270 valence electrons. The third-order valence-corrected chi connectivity index (χ3v) is 7.20. The lowest BCUT2D eigenvalue weighted by molar-refractivity contribution is -0.345. The van der Waals surface area contributed by atoms with Gasteiger partial charge in [-0.05, 0) is 12.8 Å². The molecule has 18 nitrogen and oxygen atoms in total. The van der Waals surface area contributed by atoms with E-state index in [0.717, 1.165) is 48.5 Å². The lowest BCUT2D eigenvalue weighted by atomic mass is 9.91. The molecule has 3 rings (SSSR count). The van der Waals surface area contributed by atoms with Crippen molar-refractivity contribution in [2.24, 2.45) is 0 Å². The van der Waals surface area contributed by atoms with Gasteiger partial charge in [0.15, 0.2) is 36.8 Å². The largest absolute Gasteiger partial charge is 0.463 e. The fourth-order valence-electron chi connectivity index (χ4n) is 5.42. The number of epoxide rings is 1. The summed E-state index contributed by atoms with van der Waals surface area (Å²) < 4.78 is 61.9. The van der Waals surface area contributed by atoms with Gasteiger partial charge in [-0.3, -0.25) is 33.6 Å². The van der Waals surface area contributed by atoms with Gasteiger partial charge in [0.25, 0.3) is 0 Å². The van der Waals surface area contributed by atoms with Crippen LogP contribution in [0.2, 0.25) is 0 Å². The van der Waals surface area contributed by atoms with Gasteiger partial charge in [-0.2, -0.15) is 0 Å². The number of esters is 7. The molecule has 0 aromatic rings. The number of hydrogen-bond donors (Lipinski definition) is 0. The Balaban J connectivity index is 2.11. The highest BCUT2D eigenvalue weighted by atomic mass is 16.8. The second kappa shape index (κ2) is 17.5. The normalized spacial score (nSPS) is 32.5. The highest BCUT2D eigenvalue weighted by molar-refractivity contribution is 5.69. The van der Waals surface area contributed by atoms with Crippen LogP contribution in [0.25, 0.3) is 0 Å². The maximum absolute atomic E-state index is 12.4. The molecule has 3 saturated heterocycles. The minimum absolute atomic E-state index is 0.0442. The highest BCUT2D eigenvalue weighted by Crippen LogP contribution is 2.36. The zero-order valence-corrected chi connectivity index (χ0v) is 27.7. The smallest absolute Gasteiger partial charge is 0.303 e. The van der Waals surface area contributed by atoms with Gasteiger partial charge in [0.2, 0.25) is 0 Å². The molecule has 11 atom stereocenters. The third kappa shape index (κ3) is 11.7. The molecule has 0 spiro atoms. The van der Waals surface area contributed by atoms with Crippen LogP contribution in [0.1, 0.15) is 61.3 Å². The molecule has 0 N–H and O–H groups in total. The van der Waals surface area contributed by atoms with Crippen LogP contribution in [0.4, 0.5) is 0 Å². The molecular weight excluding hydrogens is 648 g/mol. The van der Waals surface area contributed by atoms with E-state index in [1.807, 2.05) is 0 Å². The number of ether oxygens (including phenoxy) is 11. The van der Waals surface area contributed by atoms with Crippen LogP contribution in [0.5, 0.6) is 0 Å². The molecule has 3 heterocycles. The summed E-state index contributed by atoms with van der Waals surface area (Å²) >= 11 is 0. The standard InChI is InChI=1S/C30H42O18/c1-13(31)38-11-22-26(27(43-17(5)35)24(41-15(3)33)21(46-22)9-8-20-10-40-20)48-30-29(45-19(7)37)28(44-18(6)36)25(42-16(4)34)23(47-30)12-39-14(2)32/h20-30H,8-12H2,1-7H3/t20?,21-,22+,23+,24-,25+,26+,27+,28-,29+,30-/m0/s1. The zero-order valence-electron chi connectivity index (χ0n) is 27.7. The number of carbonyl (C=O) groups excluding carboxylic acids is 7. The Hall–Kier alpha value is -3.87. The van der Waals surface area contributed by atoms with Gasteiger partial charge in [-0.15, -0.1) is 0 Å². The van der Waals surface area contributed by atoms with Crippen LogP contribution in [0, 0.1) is 0 Å². The molecular formula is C30H42O18. The summed E-state index contributed by atoms with van der Waals surface area (Å²) in [7, 11) is 0. The Bertz CT molecular complexity index is 1200. The number of carbonyl (C=O) groups is 7. The van der Waals surface area contributed by atoms with Gasteiger partial charge >= 0.3 is 41.8 Å². The third-order valence-electron chi connectivity index (χ3n) is 7.20. The molecule has 0 radical (unpaired) electrons. The maximum atomic E-state index is 12.4. The summed E-state index contributed by atoms with van der Waals surface area (Å²) in [6.07, 6.45) is -13.3. The van der Waals surface area contributed by atoms with E-state index >= 15 is 0 Å². The number of hydrogen-bond acceptors (Lipinski definition) is 18. The Morgan fingerprint density at radius 3 is 1.31 bits per heavy atom. The monoisotopic (exact) mass is 690 g/mol. The predicted octanol–water partition coefficient (Wildman–Crippen LogP) is -0.172. The number of rotatable bonds is 14. The molecule has 0 saturated carbocycles. The van der Waals surface area contributed by atoms with E-state index < -0.39 is 116 Å². The molecule has 0 bridgehead atoms. The second-order valence-electron chi connectivity index (χ2n) is 11.4. The predicted molar refractivity (Wildman–Crippen MR) is 152 cm³/mol. The summed E-state index contributed by atoms with van der Waals surface area (Å²) in [4.78, 5) is 85.0. The van der Waals surface area contributed by atoms with E-state index in [1.54, 1.807) is 0 Å². The molecule has 0 aliphatic carbocycles. The average Bonchev–Trinajstić information content (AvgIpc) is 3.79. The van der Waals surface area contributed by atoms with Gasteiger partial charge in [0.1, 0.15) is 31.5 Å².